The second-order valence-corrected chi connectivity index (χ2v) is 5.92. The number of anilines is 1. The Hall–Kier alpha value is -1.07. The summed E-state index contributed by atoms with van der Waals surface area (Å²) in [5.41, 5.74) is 6.09. The zero-order valence-electron chi connectivity index (χ0n) is 10.5. The number of nitrogen functional groups attached to an aromatic ring is 1. The number of hydrogen-bond acceptors (Lipinski definition) is 3. The molecule has 0 aromatic heterocycles. The molecule has 0 aliphatic carbocycles. The highest BCUT2D eigenvalue weighted by atomic mass is 79.9. The molecule has 18 heavy (non-hydrogen) atoms. The number of carbonyl (C=O) groups is 1. The second-order valence-electron chi connectivity index (χ2n) is 5.13. The number of nitrogens with zero attached hydrogens (tertiary/aromatic N) is 1. The van der Waals surface area contributed by atoms with E-state index in [-0.39, 0.29) is 11.8 Å². The summed E-state index contributed by atoms with van der Waals surface area (Å²) in [6, 6.07) is 5.22. The Kier molecular flexibility index (Phi) is 3.38. The molecule has 1 aromatic rings. The van der Waals surface area contributed by atoms with E-state index in [1.54, 1.807) is 23.1 Å². The van der Waals surface area contributed by atoms with Crippen LogP contribution in [-0.2, 0) is 0 Å². The summed E-state index contributed by atoms with van der Waals surface area (Å²) in [7, 11) is 0. The van der Waals surface area contributed by atoms with E-state index in [0.29, 0.717) is 28.8 Å². The number of carbonyl (C=O) groups excluding carboxylic acids is 1. The van der Waals surface area contributed by atoms with Crippen LogP contribution in [0, 0.1) is 5.92 Å². The average Bonchev–Trinajstić information content (AvgIpc) is 2.27. The normalized spacial score (nSPS) is 17.7. The van der Waals surface area contributed by atoms with Gasteiger partial charge in [0.2, 0.25) is 0 Å². The van der Waals surface area contributed by atoms with Gasteiger partial charge in [0.25, 0.3) is 5.91 Å². The highest BCUT2D eigenvalue weighted by molar-refractivity contribution is 9.10. The first-order chi connectivity index (χ1) is 8.35. The van der Waals surface area contributed by atoms with Gasteiger partial charge in [0.05, 0.1) is 23.1 Å². The molecule has 5 heteroatoms. The van der Waals surface area contributed by atoms with E-state index in [1.807, 2.05) is 13.8 Å². The van der Waals surface area contributed by atoms with E-state index in [4.69, 9.17) is 5.73 Å². The first-order valence-electron chi connectivity index (χ1n) is 5.91. The minimum atomic E-state index is -0.748. The van der Waals surface area contributed by atoms with Crippen LogP contribution in [0.3, 0.4) is 0 Å². The van der Waals surface area contributed by atoms with Crippen molar-refractivity contribution in [1.82, 2.24) is 4.90 Å². The average molecular weight is 313 g/mol. The number of β-amino-alcohol motifs (C(OH)–C–C–N with tert-alkyl or cyclic N) is 1. The Balaban J connectivity index is 2.13. The van der Waals surface area contributed by atoms with Crippen molar-refractivity contribution in [2.75, 3.05) is 18.8 Å². The van der Waals surface area contributed by atoms with E-state index in [2.05, 4.69) is 15.9 Å². The molecule has 98 valence electrons. The predicted octanol–water partition coefficient (Wildman–Crippen LogP) is 1.87. The fraction of sp³-hybridized carbons (Fsp3) is 0.462. The van der Waals surface area contributed by atoms with Crippen molar-refractivity contribution in [1.29, 1.82) is 0 Å². The van der Waals surface area contributed by atoms with E-state index < -0.39 is 5.60 Å². The van der Waals surface area contributed by atoms with Crippen LogP contribution in [0.15, 0.2) is 22.7 Å². The molecule has 0 atom stereocenters. The molecule has 1 fully saturated rings. The fourth-order valence-electron chi connectivity index (χ4n) is 2.01. The van der Waals surface area contributed by atoms with Gasteiger partial charge in [-0.3, -0.25) is 4.79 Å². The number of likely N-dealkylation sites (tertiary alicyclic amines) is 1. The van der Waals surface area contributed by atoms with Gasteiger partial charge in [0, 0.05) is 5.69 Å². The van der Waals surface area contributed by atoms with Crippen LogP contribution >= 0.6 is 15.9 Å². The third-order valence-electron chi connectivity index (χ3n) is 3.55. The molecule has 1 amide bonds. The van der Waals surface area contributed by atoms with Gasteiger partial charge in [0.1, 0.15) is 5.60 Å². The Morgan fingerprint density at radius 2 is 2.11 bits per heavy atom. The van der Waals surface area contributed by atoms with Crippen LogP contribution in [0.25, 0.3) is 0 Å². The maximum absolute atomic E-state index is 12.2. The molecule has 1 saturated heterocycles. The predicted molar refractivity (Wildman–Crippen MR) is 74.2 cm³/mol. The minimum Gasteiger partial charge on any atom is -0.398 e. The van der Waals surface area contributed by atoms with E-state index in [0.717, 1.165) is 0 Å². The van der Waals surface area contributed by atoms with Gasteiger partial charge in [-0.05, 0) is 34.0 Å². The Morgan fingerprint density at radius 3 is 2.67 bits per heavy atom. The quantitative estimate of drug-likeness (QED) is 0.819. The van der Waals surface area contributed by atoms with Crippen molar-refractivity contribution in [2.24, 2.45) is 5.92 Å². The van der Waals surface area contributed by atoms with E-state index in [9.17, 15) is 9.90 Å². The summed E-state index contributed by atoms with van der Waals surface area (Å²) in [4.78, 5) is 13.9. The lowest BCUT2D eigenvalue weighted by molar-refractivity contribution is -0.110. The van der Waals surface area contributed by atoms with Crippen LogP contribution in [0.2, 0.25) is 0 Å². The SMILES string of the molecule is CC(C)C1(O)CN(C(=O)c2cccc(N)c2Br)C1. The Morgan fingerprint density at radius 1 is 1.50 bits per heavy atom. The third kappa shape index (κ3) is 2.12. The zero-order chi connectivity index (χ0) is 13.5. The van der Waals surface area contributed by atoms with Crippen LogP contribution in [0.5, 0.6) is 0 Å². The number of halogens is 1. The second kappa shape index (κ2) is 4.55. The van der Waals surface area contributed by atoms with Crippen molar-refractivity contribution in [3.63, 3.8) is 0 Å². The lowest BCUT2D eigenvalue weighted by Gasteiger charge is -2.49. The monoisotopic (exact) mass is 312 g/mol. The van der Waals surface area contributed by atoms with Gasteiger partial charge in [-0.1, -0.05) is 19.9 Å². The molecule has 1 aromatic carbocycles. The van der Waals surface area contributed by atoms with Crippen molar-refractivity contribution in [2.45, 2.75) is 19.4 Å². The molecule has 0 spiro atoms. The summed E-state index contributed by atoms with van der Waals surface area (Å²) < 4.78 is 0.620. The lowest BCUT2D eigenvalue weighted by Crippen LogP contribution is -2.66. The number of nitrogens with two attached hydrogens (primary N) is 1. The van der Waals surface area contributed by atoms with Crippen LogP contribution in [0.1, 0.15) is 24.2 Å². The molecule has 1 aliphatic rings. The molecule has 0 radical (unpaired) electrons. The zero-order valence-corrected chi connectivity index (χ0v) is 12.1. The third-order valence-corrected chi connectivity index (χ3v) is 4.44. The van der Waals surface area contributed by atoms with Gasteiger partial charge in [-0.15, -0.1) is 0 Å². The number of aliphatic hydroxyl groups is 1. The molecule has 3 N–H and O–H groups in total. The maximum atomic E-state index is 12.2. The molecule has 0 bridgehead atoms. The molecule has 2 rings (SSSR count). The highest BCUT2D eigenvalue weighted by Gasteiger charge is 2.46. The standard InChI is InChI=1S/C13H17BrN2O2/c1-8(2)13(18)6-16(7-13)12(17)9-4-3-5-10(15)11(9)14/h3-5,8,18H,6-7,15H2,1-2H3. The van der Waals surface area contributed by atoms with Gasteiger partial charge in [-0.2, -0.15) is 0 Å². The molecule has 1 heterocycles. The summed E-state index contributed by atoms with van der Waals surface area (Å²) in [5, 5.41) is 10.1. The topological polar surface area (TPSA) is 66.6 Å². The molecule has 4 nitrogen and oxygen atoms in total. The number of amides is 1. The number of benzene rings is 1. The van der Waals surface area contributed by atoms with Crippen LogP contribution < -0.4 is 5.73 Å². The summed E-state index contributed by atoms with van der Waals surface area (Å²) in [5.74, 6) is 0.0466. The van der Waals surface area contributed by atoms with Crippen molar-refractivity contribution in [3.05, 3.63) is 28.2 Å². The molecular weight excluding hydrogens is 296 g/mol. The lowest BCUT2D eigenvalue weighted by atomic mass is 9.82. The summed E-state index contributed by atoms with van der Waals surface area (Å²) in [6.07, 6.45) is 0. The van der Waals surface area contributed by atoms with Gasteiger partial charge < -0.3 is 15.7 Å². The Bertz CT molecular complexity index is 482. The van der Waals surface area contributed by atoms with Crippen molar-refractivity contribution >= 4 is 27.5 Å². The highest BCUT2D eigenvalue weighted by Crippen LogP contribution is 2.32. The molecule has 0 saturated carbocycles. The molecular formula is C13H17BrN2O2. The van der Waals surface area contributed by atoms with Crippen LogP contribution in [0.4, 0.5) is 5.69 Å². The molecule has 1 aliphatic heterocycles. The van der Waals surface area contributed by atoms with Gasteiger partial charge in [-0.25, -0.2) is 0 Å². The molecule has 0 unspecified atom stereocenters. The number of rotatable bonds is 2. The summed E-state index contributed by atoms with van der Waals surface area (Å²) in [6.45, 7) is 4.67. The largest absolute Gasteiger partial charge is 0.398 e. The van der Waals surface area contributed by atoms with Crippen molar-refractivity contribution in [3.8, 4) is 0 Å². The first-order valence-corrected chi connectivity index (χ1v) is 6.70. The van der Waals surface area contributed by atoms with Gasteiger partial charge in [0.15, 0.2) is 0 Å². The maximum Gasteiger partial charge on any atom is 0.255 e. The van der Waals surface area contributed by atoms with Crippen molar-refractivity contribution < 1.29 is 9.90 Å². The first kappa shape index (κ1) is 13.4. The van der Waals surface area contributed by atoms with E-state index >= 15 is 0 Å². The number of hydrogen-bond donors (Lipinski definition) is 2. The fourth-order valence-corrected chi connectivity index (χ4v) is 2.44. The van der Waals surface area contributed by atoms with Gasteiger partial charge >= 0.3 is 0 Å². The van der Waals surface area contributed by atoms with Crippen LogP contribution in [-0.4, -0.2) is 34.6 Å². The minimum absolute atomic E-state index is 0.0977. The summed E-state index contributed by atoms with van der Waals surface area (Å²) >= 11 is 3.32. The van der Waals surface area contributed by atoms with E-state index in [1.165, 1.54) is 0 Å². The smallest absolute Gasteiger partial charge is 0.255 e. The Labute approximate surface area is 115 Å².